The minimum Gasteiger partial charge on any atom is -0.338 e. The van der Waals surface area contributed by atoms with Crippen molar-refractivity contribution in [2.24, 2.45) is 0 Å². The number of carbonyl (C=O) groups is 2. The summed E-state index contributed by atoms with van der Waals surface area (Å²) in [5.41, 5.74) is -0.0907. The molecule has 0 atom stereocenters. The van der Waals surface area contributed by atoms with Gasteiger partial charge in [-0.2, -0.15) is 13.2 Å². The molecule has 1 heterocycles. The average molecular weight is 271 g/mol. The average Bonchev–Trinajstić information content (AvgIpc) is 2.32. The number of amides is 1. The third-order valence-corrected chi connectivity index (χ3v) is 3.02. The second-order valence-electron chi connectivity index (χ2n) is 4.48. The van der Waals surface area contributed by atoms with Crippen LogP contribution in [0.2, 0.25) is 0 Å². The zero-order valence-corrected chi connectivity index (χ0v) is 10.0. The first-order valence-corrected chi connectivity index (χ1v) is 5.82. The molecule has 0 saturated carbocycles. The predicted molar refractivity (Wildman–Crippen MR) is 61.1 cm³/mol. The van der Waals surface area contributed by atoms with Crippen LogP contribution < -0.4 is 0 Å². The van der Waals surface area contributed by atoms with E-state index in [1.807, 2.05) is 0 Å². The fraction of sp³-hybridized carbons (Fsp3) is 0.385. The Kier molecular flexibility index (Phi) is 3.59. The number of carbonyl (C=O) groups excluding carboxylic acids is 2. The molecule has 0 N–H and O–H groups in total. The molecule has 1 saturated heterocycles. The lowest BCUT2D eigenvalue weighted by Crippen LogP contribution is -2.38. The van der Waals surface area contributed by atoms with Gasteiger partial charge in [-0.25, -0.2) is 0 Å². The summed E-state index contributed by atoms with van der Waals surface area (Å²) in [5.74, 6) is -0.357. The van der Waals surface area contributed by atoms with Gasteiger partial charge in [0.1, 0.15) is 5.78 Å². The van der Waals surface area contributed by atoms with E-state index in [4.69, 9.17) is 0 Å². The standard InChI is InChI=1S/C13H12F3NO2/c14-13(15,16)10-3-1-9(2-4-10)8-17-6-5-11(18)7-12(17)19/h1-4H,5-8H2. The molecular formula is C13H12F3NO2. The van der Waals surface area contributed by atoms with Crippen molar-refractivity contribution in [3.8, 4) is 0 Å². The van der Waals surface area contributed by atoms with Crippen LogP contribution in [0.5, 0.6) is 0 Å². The number of halogens is 3. The lowest BCUT2D eigenvalue weighted by molar-refractivity contribution is -0.140. The first-order chi connectivity index (χ1) is 8.86. The molecule has 1 aromatic carbocycles. The van der Waals surface area contributed by atoms with E-state index in [1.165, 1.54) is 17.0 Å². The van der Waals surface area contributed by atoms with E-state index in [9.17, 15) is 22.8 Å². The zero-order chi connectivity index (χ0) is 14.0. The van der Waals surface area contributed by atoms with Crippen molar-refractivity contribution in [3.05, 3.63) is 35.4 Å². The maximum Gasteiger partial charge on any atom is 0.416 e. The molecule has 6 heteroatoms. The molecule has 0 spiro atoms. The van der Waals surface area contributed by atoms with Crippen LogP contribution >= 0.6 is 0 Å². The van der Waals surface area contributed by atoms with Gasteiger partial charge >= 0.3 is 6.18 Å². The van der Waals surface area contributed by atoms with Crippen LogP contribution in [0.1, 0.15) is 24.0 Å². The van der Waals surface area contributed by atoms with Crippen LogP contribution in [0.4, 0.5) is 13.2 Å². The zero-order valence-electron chi connectivity index (χ0n) is 10.0. The lowest BCUT2D eigenvalue weighted by atomic mass is 10.1. The summed E-state index contributed by atoms with van der Waals surface area (Å²) in [7, 11) is 0. The monoisotopic (exact) mass is 271 g/mol. The second kappa shape index (κ2) is 5.03. The topological polar surface area (TPSA) is 37.4 Å². The normalized spacial score (nSPS) is 16.9. The number of hydrogen-bond donors (Lipinski definition) is 0. The Morgan fingerprint density at radius 2 is 1.74 bits per heavy atom. The highest BCUT2D eigenvalue weighted by Gasteiger charge is 2.30. The van der Waals surface area contributed by atoms with E-state index >= 15 is 0 Å². The van der Waals surface area contributed by atoms with Crippen LogP contribution in [0, 0.1) is 0 Å². The molecule has 0 aromatic heterocycles. The van der Waals surface area contributed by atoms with Gasteiger partial charge in [0.15, 0.2) is 0 Å². The van der Waals surface area contributed by atoms with Crippen molar-refractivity contribution in [1.29, 1.82) is 0 Å². The fourth-order valence-electron chi connectivity index (χ4n) is 1.94. The van der Waals surface area contributed by atoms with Gasteiger partial charge in [-0.05, 0) is 17.7 Å². The van der Waals surface area contributed by atoms with E-state index in [0.717, 1.165) is 12.1 Å². The minimum absolute atomic E-state index is 0.0892. The molecular weight excluding hydrogens is 259 g/mol. The number of hydrogen-bond acceptors (Lipinski definition) is 2. The third kappa shape index (κ3) is 3.33. The fourth-order valence-corrected chi connectivity index (χ4v) is 1.94. The Bertz CT molecular complexity index is 494. The van der Waals surface area contributed by atoms with Gasteiger partial charge in [0.25, 0.3) is 0 Å². The van der Waals surface area contributed by atoms with E-state index in [-0.39, 0.29) is 24.7 Å². The molecule has 0 unspecified atom stereocenters. The van der Waals surface area contributed by atoms with Gasteiger partial charge < -0.3 is 4.90 Å². The molecule has 3 nitrogen and oxygen atoms in total. The number of benzene rings is 1. The maximum absolute atomic E-state index is 12.4. The quantitative estimate of drug-likeness (QED) is 0.774. The van der Waals surface area contributed by atoms with E-state index in [0.29, 0.717) is 18.5 Å². The summed E-state index contributed by atoms with van der Waals surface area (Å²) in [4.78, 5) is 24.1. The van der Waals surface area contributed by atoms with Crippen LogP contribution in [0.25, 0.3) is 0 Å². The Morgan fingerprint density at radius 1 is 1.11 bits per heavy atom. The minimum atomic E-state index is -4.36. The molecule has 1 fully saturated rings. The number of Topliss-reactive ketones (excluding diaryl/α,β-unsaturated/α-hetero) is 1. The van der Waals surface area contributed by atoms with E-state index < -0.39 is 11.7 Å². The van der Waals surface area contributed by atoms with Gasteiger partial charge in [-0.1, -0.05) is 12.1 Å². The number of alkyl halides is 3. The van der Waals surface area contributed by atoms with Crippen molar-refractivity contribution in [3.63, 3.8) is 0 Å². The lowest BCUT2D eigenvalue weighted by Gasteiger charge is -2.26. The summed E-state index contributed by atoms with van der Waals surface area (Å²) >= 11 is 0. The molecule has 0 aliphatic carbocycles. The highest BCUT2D eigenvalue weighted by Crippen LogP contribution is 2.29. The Morgan fingerprint density at radius 3 is 2.26 bits per heavy atom. The molecule has 19 heavy (non-hydrogen) atoms. The first kappa shape index (κ1) is 13.6. The van der Waals surface area contributed by atoms with Gasteiger partial charge in [-0.15, -0.1) is 0 Å². The van der Waals surface area contributed by atoms with Gasteiger partial charge in [0.05, 0.1) is 12.0 Å². The van der Waals surface area contributed by atoms with Crippen molar-refractivity contribution in [2.75, 3.05) is 6.54 Å². The molecule has 0 radical (unpaired) electrons. The second-order valence-corrected chi connectivity index (χ2v) is 4.48. The molecule has 0 bridgehead atoms. The number of rotatable bonds is 2. The third-order valence-electron chi connectivity index (χ3n) is 3.02. The number of piperidine rings is 1. The van der Waals surface area contributed by atoms with Crippen molar-refractivity contribution < 1.29 is 22.8 Å². The summed E-state index contributed by atoms with van der Waals surface area (Å²) in [6.07, 6.45) is -4.15. The van der Waals surface area contributed by atoms with Crippen LogP contribution in [-0.4, -0.2) is 23.1 Å². The predicted octanol–water partition coefficient (Wildman–Crippen LogP) is 2.40. The molecule has 102 valence electrons. The molecule has 1 aliphatic rings. The van der Waals surface area contributed by atoms with Gasteiger partial charge in [0, 0.05) is 19.5 Å². The van der Waals surface area contributed by atoms with E-state index in [2.05, 4.69) is 0 Å². The Hall–Kier alpha value is -1.85. The van der Waals surface area contributed by atoms with Crippen LogP contribution in [0.15, 0.2) is 24.3 Å². The highest BCUT2D eigenvalue weighted by atomic mass is 19.4. The molecule has 1 aromatic rings. The highest BCUT2D eigenvalue weighted by molar-refractivity contribution is 6.00. The summed E-state index contributed by atoms with van der Waals surface area (Å²) in [5, 5.41) is 0. The van der Waals surface area contributed by atoms with Crippen LogP contribution in [-0.2, 0) is 22.3 Å². The summed E-state index contributed by atoms with van der Waals surface area (Å²) in [6, 6.07) is 4.70. The van der Waals surface area contributed by atoms with Crippen molar-refractivity contribution >= 4 is 11.7 Å². The first-order valence-electron chi connectivity index (χ1n) is 5.82. The SMILES string of the molecule is O=C1CCN(Cc2ccc(C(F)(F)F)cc2)C(=O)C1. The van der Waals surface area contributed by atoms with E-state index in [1.54, 1.807) is 0 Å². The number of ketones is 1. The molecule has 1 aliphatic heterocycles. The number of nitrogens with zero attached hydrogens (tertiary/aromatic N) is 1. The maximum atomic E-state index is 12.4. The Balaban J connectivity index is 2.04. The van der Waals surface area contributed by atoms with Crippen LogP contribution in [0.3, 0.4) is 0 Å². The van der Waals surface area contributed by atoms with Gasteiger partial charge in [-0.3, -0.25) is 9.59 Å². The summed E-state index contributed by atoms with van der Waals surface area (Å²) in [6.45, 7) is 0.572. The van der Waals surface area contributed by atoms with Crippen molar-refractivity contribution in [2.45, 2.75) is 25.6 Å². The Labute approximate surface area is 108 Å². The van der Waals surface area contributed by atoms with Crippen molar-refractivity contribution in [1.82, 2.24) is 4.90 Å². The largest absolute Gasteiger partial charge is 0.416 e. The van der Waals surface area contributed by atoms with Gasteiger partial charge in [0.2, 0.25) is 5.91 Å². The molecule has 2 rings (SSSR count). The smallest absolute Gasteiger partial charge is 0.338 e. The molecule has 1 amide bonds. The summed E-state index contributed by atoms with van der Waals surface area (Å²) < 4.78 is 37.1. The number of likely N-dealkylation sites (tertiary alicyclic amines) is 1.